The van der Waals surface area contributed by atoms with Crippen LogP contribution in [0.3, 0.4) is 0 Å². The van der Waals surface area contributed by atoms with Crippen LogP contribution in [-0.4, -0.2) is 65.7 Å². The van der Waals surface area contributed by atoms with Crippen LogP contribution in [0.1, 0.15) is 168 Å². The number of carbonyl (C=O) groups is 2. The largest absolute Gasteiger partial charge is 0.472 e. The van der Waals surface area contributed by atoms with E-state index in [0.29, 0.717) is 19.3 Å². The molecule has 59 heavy (non-hydrogen) atoms. The van der Waals surface area contributed by atoms with Crippen LogP contribution in [-0.2, 0) is 32.7 Å². The number of allylic oxidation sites excluding steroid dienone is 14. The molecule has 0 aliphatic heterocycles. The highest BCUT2D eigenvalue weighted by Gasteiger charge is 2.27. The van der Waals surface area contributed by atoms with E-state index in [0.717, 1.165) is 70.6 Å². The van der Waals surface area contributed by atoms with E-state index in [1.165, 1.54) is 51.4 Å². The number of carbonyl (C=O) groups excluding carboxylic acids is 2. The van der Waals surface area contributed by atoms with E-state index < -0.39 is 51.8 Å². The molecular weight excluding hydrogens is 767 g/mol. The van der Waals surface area contributed by atoms with Gasteiger partial charge in [0.05, 0.1) is 19.8 Å². The molecule has 0 radical (unpaired) electrons. The van der Waals surface area contributed by atoms with E-state index in [1.54, 1.807) is 0 Å². The zero-order chi connectivity index (χ0) is 43.3. The number of ether oxygens (including phenoxy) is 2. The summed E-state index contributed by atoms with van der Waals surface area (Å²) in [4.78, 5) is 35.0. The second kappa shape index (κ2) is 43.2. The Bertz CT molecular complexity index is 1250. The lowest BCUT2D eigenvalue weighted by Crippen LogP contribution is -2.29. The van der Waals surface area contributed by atoms with E-state index in [4.69, 9.17) is 19.1 Å². The fraction of sp³-hybridized carbons (Fsp3) is 0.667. The molecule has 0 rings (SSSR count). The molecule has 0 saturated heterocycles. The van der Waals surface area contributed by atoms with Crippen molar-refractivity contribution in [3.8, 4) is 0 Å². The summed E-state index contributed by atoms with van der Waals surface area (Å²) in [6.45, 7) is 2.17. The molecule has 0 heterocycles. The van der Waals surface area contributed by atoms with Crippen molar-refractivity contribution in [3.05, 3.63) is 85.1 Å². The second-order valence-electron chi connectivity index (χ2n) is 14.7. The minimum Gasteiger partial charge on any atom is -0.462 e. The van der Waals surface area contributed by atoms with Crippen LogP contribution < -0.4 is 0 Å². The SMILES string of the molecule is CC/C=C/C/C=C/C/C=C/CCCCCCCC(=O)O[C@@H](COC(=O)CCC/C=C/C/C=C/C/C=C/C/C=C/CCCCCCCCC)COP(=O)(O)OC[C@H](O)CO. The van der Waals surface area contributed by atoms with Crippen LogP contribution in [0.2, 0.25) is 0 Å². The summed E-state index contributed by atoms with van der Waals surface area (Å²) >= 11 is 0. The van der Waals surface area contributed by atoms with Gasteiger partial charge in [-0.05, 0) is 83.5 Å². The molecule has 0 aromatic heterocycles. The number of phosphoric acid groups is 1. The summed E-state index contributed by atoms with van der Waals surface area (Å²) < 4.78 is 32.7. The van der Waals surface area contributed by atoms with Crippen LogP contribution >= 0.6 is 7.82 Å². The maximum absolute atomic E-state index is 12.6. The van der Waals surface area contributed by atoms with Crippen molar-refractivity contribution >= 4 is 19.8 Å². The Morgan fingerprint density at radius 3 is 1.46 bits per heavy atom. The predicted molar refractivity (Wildman–Crippen MR) is 242 cm³/mol. The number of unbranched alkanes of at least 4 members (excludes halogenated alkanes) is 13. The lowest BCUT2D eigenvalue weighted by molar-refractivity contribution is -0.161. The Hall–Kier alpha value is -2.85. The van der Waals surface area contributed by atoms with Gasteiger partial charge in [-0.15, -0.1) is 0 Å². The molecule has 0 aromatic rings. The zero-order valence-electron chi connectivity index (χ0n) is 36.7. The lowest BCUT2D eigenvalue weighted by Gasteiger charge is -2.20. The molecule has 1 unspecified atom stereocenters. The molecule has 0 spiro atoms. The molecule has 10 nitrogen and oxygen atoms in total. The average molecular weight is 849 g/mol. The Morgan fingerprint density at radius 2 is 0.949 bits per heavy atom. The summed E-state index contributed by atoms with van der Waals surface area (Å²) in [5, 5.41) is 18.3. The highest BCUT2D eigenvalue weighted by Crippen LogP contribution is 2.43. The Labute approximate surface area is 358 Å². The molecule has 338 valence electrons. The fourth-order valence-electron chi connectivity index (χ4n) is 5.59. The minimum absolute atomic E-state index is 0.148. The van der Waals surface area contributed by atoms with Gasteiger partial charge in [0, 0.05) is 12.8 Å². The molecule has 0 bridgehead atoms. The normalized spacial score (nSPS) is 14.6. The monoisotopic (exact) mass is 849 g/mol. The summed E-state index contributed by atoms with van der Waals surface area (Å²) in [6.07, 6.45) is 51.3. The van der Waals surface area contributed by atoms with E-state index in [1.807, 2.05) is 6.08 Å². The van der Waals surface area contributed by atoms with Gasteiger partial charge in [-0.2, -0.15) is 0 Å². The molecule has 0 saturated carbocycles. The van der Waals surface area contributed by atoms with Crippen molar-refractivity contribution in [2.45, 2.75) is 180 Å². The number of aliphatic hydroxyl groups is 2. The molecule has 0 fully saturated rings. The first-order valence-corrected chi connectivity index (χ1v) is 24.0. The van der Waals surface area contributed by atoms with Crippen molar-refractivity contribution < 1.29 is 47.8 Å². The first-order chi connectivity index (χ1) is 28.7. The van der Waals surface area contributed by atoms with Crippen LogP contribution in [0.25, 0.3) is 0 Å². The smallest absolute Gasteiger partial charge is 0.462 e. The summed E-state index contributed by atoms with van der Waals surface area (Å²) in [5.41, 5.74) is 0. The third kappa shape index (κ3) is 43.1. The number of hydrogen-bond acceptors (Lipinski definition) is 9. The quantitative estimate of drug-likeness (QED) is 0.0235. The Kier molecular flexibility index (Phi) is 41.2. The van der Waals surface area contributed by atoms with Gasteiger partial charge in [0.15, 0.2) is 6.10 Å². The van der Waals surface area contributed by atoms with E-state index >= 15 is 0 Å². The van der Waals surface area contributed by atoms with Gasteiger partial charge in [0.2, 0.25) is 0 Å². The van der Waals surface area contributed by atoms with Gasteiger partial charge in [-0.25, -0.2) is 4.57 Å². The van der Waals surface area contributed by atoms with Crippen LogP contribution in [0.4, 0.5) is 0 Å². The number of rotatable bonds is 41. The van der Waals surface area contributed by atoms with Crippen molar-refractivity contribution in [2.75, 3.05) is 26.4 Å². The zero-order valence-corrected chi connectivity index (χ0v) is 37.6. The van der Waals surface area contributed by atoms with Gasteiger partial charge in [0.25, 0.3) is 0 Å². The summed E-state index contributed by atoms with van der Waals surface area (Å²) in [6, 6.07) is 0. The average Bonchev–Trinajstić information content (AvgIpc) is 3.22. The summed E-state index contributed by atoms with van der Waals surface area (Å²) in [7, 11) is -4.64. The molecule has 3 atom stereocenters. The van der Waals surface area contributed by atoms with Gasteiger partial charge in [-0.3, -0.25) is 18.6 Å². The van der Waals surface area contributed by atoms with Crippen LogP contribution in [0, 0.1) is 0 Å². The van der Waals surface area contributed by atoms with E-state index in [9.17, 15) is 24.2 Å². The molecule has 11 heteroatoms. The first-order valence-electron chi connectivity index (χ1n) is 22.5. The molecule has 0 aromatic carbocycles. The molecule has 0 aliphatic rings. The topological polar surface area (TPSA) is 149 Å². The summed E-state index contributed by atoms with van der Waals surface area (Å²) in [5.74, 6) is -1.02. The number of hydrogen-bond donors (Lipinski definition) is 3. The van der Waals surface area contributed by atoms with Crippen LogP contribution in [0.5, 0.6) is 0 Å². The minimum atomic E-state index is -4.64. The van der Waals surface area contributed by atoms with Crippen molar-refractivity contribution in [1.29, 1.82) is 0 Å². The lowest BCUT2D eigenvalue weighted by atomic mass is 10.1. The Morgan fingerprint density at radius 1 is 0.525 bits per heavy atom. The predicted octanol–water partition coefficient (Wildman–Crippen LogP) is 12.2. The highest BCUT2D eigenvalue weighted by molar-refractivity contribution is 7.47. The third-order valence-corrected chi connectivity index (χ3v) is 9.98. The molecule has 0 aliphatic carbocycles. The molecule has 3 N–H and O–H groups in total. The van der Waals surface area contributed by atoms with Gasteiger partial charge < -0.3 is 24.6 Å². The van der Waals surface area contributed by atoms with Gasteiger partial charge in [0.1, 0.15) is 12.7 Å². The highest BCUT2D eigenvalue weighted by atomic mass is 31.2. The van der Waals surface area contributed by atoms with Crippen molar-refractivity contribution in [2.24, 2.45) is 0 Å². The van der Waals surface area contributed by atoms with Crippen molar-refractivity contribution in [1.82, 2.24) is 0 Å². The number of aliphatic hydroxyl groups excluding tert-OH is 2. The number of phosphoric ester groups is 1. The third-order valence-electron chi connectivity index (χ3n) is 9.03. The fourth-order valence-corrected chi connectivity index (χ4v) is 6.38. The van der Waals surface area contributed by atoms with E-state index in [2.05, 4.69) is 97.4 Å². The van der Waals surface area contributed by atoms with Gasteiger partial charge in [-0.1, -0.05) is 157 Å². The number of esters is 2. The maximum Gasteiger partial charge on any atom is 0.472 e. The molecule has 0 amide bonds. The standard InChI is InChI=1S/C48H81O10P/c1-3-5-7-9-11-13-15-17-19-20-21-22-23-24-26-27-29-31-33-35-37-39-47(51)55-43-46(44-57-59(53,54)56-42-45(50)41-49)58-48(52)40-38-36-34-32-30-28-25-18-16-14-12-10-8-6-4-2/h6,8,12,14,18-20,22-23,25-27,31,33,45-46,49-50H,3-5,7,9-11,13,15-17,21,24,28-30,32,34-44H2,1-2H3,(H,53,54)/b8-6+,14-12+,20-19+,23-22+,25-18+,27-26+,33-31+/t45-,46+/m1/s1. The van der Waals surface area contributed by atoms with Crippen molar-refractivity contribution in [3.63, 3.8) is 0 Å². The second-order valence-corrected chi connectivity index (χ2v) is 16.1. The Balaban J connectivity index is 4.40. The van der Waals surface area contributed by atoms with E-state index in [-0.39, 0.29) is 19.4 Å². The maximum atomic E-state index is 12.6. The van der Waals surface area contributed by atoms with Crippen LogP contribution in [0.15, 0.2) is 85.1 Å². The van der Waals surface area contributed by atoms with Gasteiger partial charge >= 0.3 is 19.8 Å². The first kappa shape index (κ1) is 56.1. The molecular formula is C48H81O10P.